The Bertz CT molecular complexity index is 1210. The molecule has 0 amide bonds. The van der Waals surface area contributed by atoms with Crippen molar-refractivity contribution in [3.8, 4) is 28.5 Å². The molecule has 0 unspecified atom stereocenters. The number of rotatable bonds is 2. The minimum absolute atomic E-state index is 0.0204. The maximum Gasteiger partial charge on any atom is 0.101 e. The highest BCUT2D eigenvalue weighted by Crippen LogP contribution is 2.53. The van der Waals surface area contributed by atoms with Crippen LogP contribution in [0.5, 0.6) is 0 Å². The standard InChI is InChI=1S/C18H2Cl10N2/c19-8-6(9(20)13(24)16(27)12(8)23)5-1-4(2-29)3-30-18(5)7-10(21)14(25)17(28)15(26)11(7)22/h1,3H. The van der Waals surface area contributed by atoms with Gasteiger partial charge in [-0.05, 0) is 6.07 Å². The molecule has 1 heterocycles. The van der Waals surface area contributed by atoms with Gasteiger partial charge < -0.3 is 0 Å². The quantitative estimate of drug-likeness (QED) is 0.217. The first kappa shape index (κ1) is 24.6. The van der Waals surface area contributed by atoms with Crippen LogP contribution in [0.15, 0.2) is 12.3 Å². The third-order valence-corrected chi connectivity index (χ3v) is 8.50. The number of hydrogen-bond acceptors (Lipinski definition) is 2. The monoisotopic (exact) mass is 596 g/mol. The third kappa shape index (κ3) is 4.04. The lowest BCUT2D eigenvalue weighted by molar-refractivity contribution is 1.30. The Hall–Kier alpha value is -0.0200. The SMILES string of the molecule is N#Cc1cnc(-c2c(Cl)c(Cl)c(Cl)c(Cl)c2Cl)c(-c2c(Cl)c(Cl)c(Cl)c(Cl)c2Cl)c1. The number of nitriles is 1. The Kier molecular flexibility index (Phi) is 7.76. The maximum atomic E-state index is 9.36. The predicted octanol–water partition coefficient (Wildman–Crippen LogP) is 10.8. The summed E-state index contributed by atoms with van der Waals surface area (Å²) in [6.07, 6.45) is 1.29. The fourth-order valence-corrected chi connectivity index (χ4v) is 5.23. The molecular weight excluding hydrogens is 599 g/mol. The zero-order chi connectivity index (χ0) is 22.5. The highest BCUT2D eigenvalue weighted by molar-refractivity contribution is 6.58. The normalized spacial score (nSPS) is 11.0. The van der Waals surface area contributed by atoms with Crippen LogP contribution in [0, 0.1) is 11.3 Å². The van der Waals surface area contributed by atoms with Gasteiger partial charge in [-0.25, -0.2) is 0 Å². The fourth-order valence-electron chi connectivity index (χ4n) is 2.57. The highest BCUT2D eigenvalue weighted by Gasteiger charge is 2.27. The average molecular weight is 601 g/mol. The van der Waals surface area contributed by atoms with E-state index >= 15 is 0 Å². The van der Waals surface area contributed by atoms with Crippen molar-refractivity contribution >= 4 is 116 Å². The molecule has 0 saturated carbocycles. The smallest absolute Gasteiger partial charge is 0.101 e. The van der Waals surface area contributed by atoms with Crippen LogP contribution >= 0.6 is 116 Å². The van der Waals surface area contributed by atoms with Gasteiger partial charge in [0.25, 0.3) is 0 Å². The van der Waals surface area contributed by atoms with Crippen LogP contribution in [0.1, 0.15) is 5.56 Å². The van der Waals surface area contributed by atoms with Crippen molar-refractivity contribution in [2.45, 2.75) is 0 Å². The first-order valence-electron chi connectivity index (χ1n) is 7.46. The maximum absolute atomic E-state index is 9.36. The van der Waals surface area contributed by atoms with E-state index in [1.807, 2.05) is 6.07 Å². The summed E-state index contributed by atoms with van der Waals surface area (Å²) in [4.78, 5) is 4.31. The number of hydrogen-bond donors (Lipinski definition) is 0. The van der Waals surface area contributed by atoms with Crippen LogP contribution in [-0.4, -0.2) is 4.98 Å². The molecule has 0 radical (unpaired) electrons. The van der Waals surface area contributed by atoms with E-state index in [0.717, 1.165) is 0 Å². The number of nitrogens with zero attached hydrogens (tertiary/aromatic N) is 2. The molecule has 0 saturated heterocycles. The van der Waals surface area contributed by atoms with Crippen molar-refractivity contribution in [3.05, 3.63) is 68.1 Å². The molecule has 0 aliphatic carbocycles. The van der Waals surface area contributed by atoms with Crippen molar-refractivity contribution in [1.82, 2.24) is 4.98 Å². The van der Waals surface area contributed by atoms with Gasteiger partial charge in [-0.2, -0.15) is 5.26 Å². The number of aromatic nitrogens is 1. The molecule has 0 spiro atoms. The van der Waals surface area contributed by atoms with Crippen LogP contribution in [-0.2, 0) is 0 Å². The Labute approximate surface area is 221 Å². The molecule has 2 nitrogen and oxygen atoms in total. The van der Waals surface area contributed by atoms with Crippen molar-refractivity contribution in [2.24, 2.45) is 0 Å². The van der Waals surface area contributed by atoms with E-state index in [1.165, 1.54) is 12.3 Å². The first-order chi connectivity index (χ1) is 14.0. The molecule has 1 aromatic heterocycles. The predicted molar refractivity (Wildman–Crippen MR) is 130 cm³/mol. The van der Waals surface area contributed by atoms with E-state index in [-0.39, 0.29) is 78.2 Å². The summed E-state index contributed by atoms with van der Waals surface area (Å²) in [6.45, 7) is 0. The summed E-state index contributed by atoms with van der Waals surface area (Å²) >= 11 is 62.6. The van der Waals surface area contributed by atoms with Crippen LogP contribution in [0.25, 0.3) is 22.4 Å². The van der Waals surface area contributed by atoms with E-state index in [1.54, 1.807) is 0 Å². The highest BCUT2D eigenvalue weighted by atomic mass is 35.5. The number of halogens is 10. The average Bonchev–Trinajstić information content (AvgIpc) is 2.74. The number of pyridine rings is 1. The Morgan fingerprint density at radius 2 is 0.933 bits per heavy atom. The molecule has 3 aromatic rings. The van der Waals surface area contributed by atoms with Gasteiger partial charge in [0.1, 0.15) is 6.07 Å². The molecule has 12 heteroatoms. The summed E-state index contributed by atoms with van der Waals surface area (Å²) in [5.41, 5.74) is 0.880. The zero-order valence-corrected chi connectivity index (χ0v) is 21.4. The lowest BCUT2D eigenvalue weighted by Crippen LogP contribution is -1.97. The molecule has 0 aliphatic rings. The van der Waals surface area contributed by atoms with Gasteiger partial charge in [-0.3, -0.25) is 4.98 Å². The minimum Gasteiger partial charge on any atom is -0.254 e. The van der Waals surface area contributed by atoms with E-state index in [2.05, 4.69) is 4.98 Å². The Balaban J connectivity index is 2.53. The second-order valence-electron chi connectivity index (χ2n) is 5.62. The fraction of sp³-hybridized carbons (Fsp3) is 0. The summed E-state index contributed by atoms with van der Waals surface area (Å²) in [7, 11) is 0. The van der Waals surface area contributed by atoms with Gasteiger partial charge in [-0.1, -0.05) is 116 Å². The van der Waals surface area contributed by atoms with Gasteiger partial charge >= 0.3 is 0 Å². The molecular formula is C18H2Cl10N2. The Morgan fingerprint density at radius 3 is 1.33 bits per heavy atom. The summed E-state index contributed by atoms with van der Waals surface area (Å²) in [6, 6.07) is 3.43. The molecule has 2 aromatic carbocycles. The first-order valence-corrected chi connectivity index (χ1v) is 11.2. The molecule has 3 rings (SSSR count). The lowest BCUT2D eigenvalue weighted by atomic mass is 9.97. The van der Waals surface area contributed by atoms with E-state index < -0.39 is 0 Å². The van der Waals surface area contributed by atoms with Crippen molar-refractivity contribution < 1.29 is 0 Å². The second-order valence-corrected chi connectivity index (χ2v) is 9.40. The lowest BCUT2D eigenvalue weighted by Gasteiger charge is -2.18. The van der Waals surface area contributed by atoms with Gasteiger partial charge in [0.05, 0.1) is 61.5 Å². The van der Waals surface area contributed by atoms with Crippen LogP contribution in [0.3, 0.4) is 0 Å². The largest absolute Gasteiger partial charge is 0.254 e. The molecule has 30 heavy (non-hydrogen) atoms. The second kappa shape index (κ2) is 9.46. The molecule has 0 N–H and O–H groups in total. The topological polar surface area (TPSA) is 36.7 Å². The van der Waals surface area contributed by atoms with Crippen molar-refractivity contribution in [3.63, 3.8) is 0 Å². The van der Waals surface area contributed by atoms with Crippen LogP contribution < -0.4 is 0 Å². The van der Waals surface area contributed by atoms with Gasteiger partial charge in [-0.15, -0.1) is 0 Å². The van der Waals surface area contributed by atoms with Gasteiger partial charge in [0.2, 0.25) is 0 Å². The molecule has 0 aliphatic heterocycles. The van der Waals surface area contributed by atoms with E-state index in [0.29, 0.717) is 0 Å². The zero-order valence-electron chi connectivity index (χ0n) is 13.8. The third-order valence-electron chi connectivity index (χ3n) is 3.94. The van der Waals surface area contributed by atoms with Crippen LogP contribution in [0.2, 0.25) is 50.2 Å². The summed E-state index contributed by atoms with van der Waals surface area (Å²) in [5.74, 6) is 0. The molecule has 0 atom stereocenters. The van der Waals surface area contributed by atoms with E-state index in [9.17, 15) is 5.26 Å². The van der Waals surface area contributed by atoms with E-state index in [4.69, 9.17) is 116 Å². The minimum atomic E-state index is -0.0413. The van der Waals surface area contributed by atoms with Gasteiger partial charge in [0.15, 0.2) is 0 Å². The summed E-state index contributed by atoms with van der Waals surface area (Å²) in [5, 5.41) is 9.06. The number of benzene rings is 2. The van der Waals surface area contributed by atoms with Crippen molar-refractivity contribution in [1.29, 1.82) is 5.26 Å². The molecule has 154 valence electrons. The van der Waals surface area contributed by atoms with Crippen LogP contribution in [0.4, 0.5) is 0 Å². The van der Waals surface area contributed by atoms with Gasteiger partial charge in [0, 0.05) is 22.9 Å². The summed E-state index contributed by atoms with van der Waals surface area (Å²) < 4.78 is 0. The molecule has 0 bridgehead atoms. The molecule has 0 fully saturated rings. The van der Waals surface area contributed by atoms with Crippen molar-refractivity contribution in [2.75, 3.05) is 0 Å². The Morgan fingerprint density at radius 1 is 0.567 bits per heavy atom.